The molecule has 1 aliphatic carbocycles. The lowest BCUT2D eigenvalue weighted by atomic mass is 9.77. The topological polar surface area (TPSA) is 47.3 Å². The van der Waals surface area contributed by atoms with Gasteiger partial charge in [0.25, 0.3) is 0 Å². The van der Waals surface area contributed by atoms with Crippen LogP contribution in [0.5, 0.6) is 0 Å². The third-order valence-electron chi connectivity index (χ3n) is 5.08. The molecule has 0 amide bonds. The molecule has 2 fully saturated rings. The van der Waals surface area contributed by atoms with Gasteiger partial charge in [0.1, 0.15) is 0 Å². The van der Waals surface area contributed by atoms with Crippen molar-refractivity contribution < 1.29 is 17.9 Å². The normalized spacial score (nSPS) is 32.3. The van der Waals surface area contributed by atoms with Crippen LogP contribution in [0.1, 0.15) is 57.8 Å². The molecular weight excluding hydrogens is 281 g/mol. The molecule has 3 N–H and O–H groups in total. The number of hydrogen-bond acceptors (Lipinski definition) is 3. The molecule has 0 aromatic rings. The van der Waals surface area contributed by atoms with E-state index in [1.165, 1.54) is 0 Å². The SMILES string of the molecule is NNC(CCCC1CCCO1)C1CCC(C(F)(F)F)CC1. The Labute approximate surface area is 124 Å². The Morgan fingerprint density at radius 2 is 1.86 bits per heavy atom. The summed E-state index contributed by atoms with van der Waals surface area (Å²) < 4.78 is 43.6. The van der Waals surface area contributed by atoms with E-state index in [-0.39, 0.29) is 24.8 Å². The van der Waals surface area contributed by atoms with E-state index >= 15 is 0 Å². The Morgan fingerprint density at radius 3 is 2.38 bits per heavy atom. The van der Waals surface area contributed by atoms with Gasteiger partial charge in [-0.15, -0.1) is 0 Å². The minimum Gasteiger partial charge on any atom is -0.378 e. The fraction of sp³-hybridized carbons (Fsp3) is 1.00. The first-order chi connectivity index (χ1) is 10.0. The van der Waals surface area contributed by atoms with E-state index < -0.39 is 12.1 Å². The van der Waals surface area contributed by atoms with Crippen molar-refractivity contribution >= 4 is 0 Å². The summed E-state index contributed by atoms with van der Waals surface area (Å²) in [5.41, 5.74) is 2.83. The molecule has 1 saturated heterocycles. The van der Waals surface area contributed by atoms with Crippen molar-refractivity contribution in [3.8, 4) is 0 Å². The molecular formula is C15H27F3N2O. The zero-order valence-electron chi connectivity index (χ0n) is 12.5. The lowest BCUT2D eigenvalue weighted by molar-refractivity contribution is -0.184. The summed E-state index contributed by atoms with van der Waals surface area (Å²) in [6.07, 6.45) is 3.36. The van der Waals surface area contributed by atoms with Gasteiger partial charge in [-0.25, -0.2) is 0 Å². The lowest BCUT2D eigenvalue weighted by Crippen LogP contribution is -2.43. The predicted octanol–water partition coefficient (Wildman–Crippen LogP) is 3.54. The summed E-state index contributed by atoms with van der Waals surface area (Å²) in [5, 5.41) is 0. The fourth-order valence-electron chi connectivity index (χ4n) is 3.74. The summed E-state index contributed by atoms with van der Waals surface area (Å²) in [7, 11) is 0. The second-order valence-corrected chi connectivity index (χ2v) is 6.49. The molecule has 1 saturated carbocycles. The molecule has 2 rings (SSSR count). The van der Waals surface area contributed by atoms with Gasteiger partial charge >= 0.3 is 6.18 Å². The number of alkyl halides is 3. The first-order valence-corrected chi connectivity index (χ1v) is 8.15. The smallest absolute Gasteiger partial charge is 0.378 e. The first kappa shape index (κ1) is 17.0. The molecule has 0 bridgehead atoms. The highest BCUT2D eigenvalue weighted by Gasteiger charge is 2.42. The van der Waals surface area contributed by atoms with Crippen molar-refractivity contribution in [2.24, 2.45) is 17.7 Å². The molecule has 124 valence electrons. The van der Waals surface area contributed by atoms with Crippen molar-refractivity contribution in [2.75, 3.05) is 6.61 Å². The van der Waals surface area contributed by atoms with Crippen LogP contribution >= 0.6 is 0 Å². The summed E-state index contributed by atoms with van der Waals surface area (Å²) in [4.78, 5) is 0. The van der Waals surface area contributed by atoms with Gasteiger partial charge in [0, 0.05) is 12.6 Å². The Morgan fingerprint density at radius 1 is 1.14 bits per heavy atom. The molecule has 2 aliphatic rings. The van der Waals surface area contributed by atoms with E-state index in [9.17, 15) is 13.2 Å². The van der Waals surface area contributed by atoms with Crippen molar-refractivity contribution in [2.45, 2.75) is 76.1 Å². The Kier molecular flexibility index (Phi) is 6.32. The predicted molar refractivity (Wildman–Crippen MR) is 75.4 cm³/mol. The monoisotopic (exact) mass is 308 g/mol. The molecule has 0 aromatic heterocycles. The van der Waals surface area contributed by atoms with Crippen LogP contribution in [0.4, 0.5) is 13.2 Å². The maximum Gasteiger partial charge on any atom is 0.391 e. The molecule has 0 spiro atoms. The van der Waals surface area contributed by atoms with Crippen LogP contribution in [0.2, 0.25) is 0 Å². The number of ether oxygens (including phenoxy) is 1. The zero-order valence-corrected chi connectivity index (χ0v) is 12.5. The number of hydrogen-bond donors (Lipinski definition) is 2. The number of halogens is 3. The van der Waals surface area contributed by atoms with Crippen LogP contribution in [0.15, 0.2) is 0 Å². The van der Waals surface area contributed by atoms with Gasteiger partial charge in [-0.3, -0.25) is 11.3 Å². The highest BCUT2D eigenvalue weighted by molar-refractivity contribution is 4.83. The summed E-state index contributed by atoms with van der Waals surface area (Å²) in [5.74, 6) is 4.78. The highest BCUT2D eigenvalue weighted by atomic mass is 19.4. The standard InChI is InChI=1S/C15H27F3N2O/c16-15(17,18)12-8-6-11(7-9-12)14(20-19)5-1-3-13-4-2-10-21-13/h11-14,20H,1-10,19H2. The minimum atomic E-state index is -4.03. The molecule has 2 atom stereocenters. The molecule has 21 heavy (non-hydrogen) atoms. The average molecular weight is 308 g/mol. The minimum absolute atomic E-state index is 0.139. The quantitative estimate of drug-likeness (QED) is 0.583. The van der Waals surface area contributed by atoms with E-state index in [2.05, 4.69) is 5.43 Å². The maximum atomic E-state index is 12.7. The Balaban J connectivity index is 1.69. The molecule has 6 heteroatoms. The maximum absolute atomic E-state index is 12.7. The Bertz CT molecular complexity index is 298. The number of nitrogens with one attached hydrogen (secondary N) is 1. The van der Waals surface area contributed by atoms with Crippen LogP contribution in [-0.4, -0.2) is 24.9 Å². The van der Waals surface area contributed by atoms with E-state index in [0.717, 1.165) is 38.7 Å². The van der Waals surface area contributed by atoms with Crippen LogP contribution in [-0.2, 0) is 4.74 Å². The molecule has 1 aliphatic heterocycles. The fourth-order valence-corrected chi connectivity index (χ4v) is 3.74. The largest absolute Gasteiger partial charge is 0.391 e. The van der Waals surface area contributed by atoms with Gasteiger partial charge in [-0.1, -0.05) is 0 Å². The average Bonchev–Trinajstić information content (AvgIpc) is 2.96. The summed E-state index contributed by atoms with van der Waals surface area (Å²) in [6.45, 7) is 0.866. The number of nitrogens with two attached hydrogens (primary N) is 1. The van der Waals surface area contributed by atoms with E-state index in [1.54, 1.807) is 0 Å². The number of rotatable bonds is 6. The summed E-state index contributed by atoms with van der Waals surface area (Å²) >= 11 is 0. The van der Waals surface area contributed by atoms with Crippen molar-refractivity contribution in [3.05, 3.63) is 0 Å². The van der Waals surface area contributed by atoms with Crippen molar-refractivity contribution in [1.29, 1.82) is 0 Å². The second-order valence-electron chi connectivity index (χ2n) is 6.49. The Hall–Kier alpha value is -0.330. The second kappa shape index (κ2) is 7.79. The van der Waals surface area contributed by atoms with E-state index in [0.29, 0.717) is 18.9 Å². The third kappa shape index (κ3) is 5.11. The van der Waals surface area contributed by atoms with Gasteiger partial charge in [0.15, 0.2) is 0 Å². The van der Waals surface area contributed by atoms with Gasteiger partial charge in [0.2, 0.25) is 0 Å². The van der Waals surface area contributed by atoms with Crippen LogP contribution in [0, 0.1) is 11.8 Å². The van der Waals surface area contributed by atoms with Crippen molar-refractivity contribution in [1.82, 2.24) is 5.43 Å². The number of hydrazine groups is 1. The molecule has 0 aromatic carbocycles. The summed E-state index contributed by atoms with van der Waals surface area (Å²) in [6, 6.07) is 0.139. The van der Waals surface area contributed by atoms with E-state index in [4.69, 9.17) is 10.6 Å². The van der Waals surface area contributed by atoms with Crippen LogP contribution < -0.4 is 11.3 Å². The van der Waals surface area contributed by atoms with Gasteiger partial charge in [-0.05, 0) is 63.7 Å². The molecule has 3 nitrogen and oxygen atoms in total. The van der Waals surface area contributed by atoms with Gasteiger partial charge in [0.05, 0.1) is 12.0 Å². The lowest BCUT2D eigenvalue weighted by Gasteiger charge is -2.34. The molecule has 0 radical (unpaired) electrons. The van der Waals surface area contributed by atoms with Gasteiger partial charge < -0.3 is 4.74 Å². The molecule has 1 heterocycles. The van der Waals surface area contributed by atoms with Crippen LogP contribution in [0.3, 0.4) is 0 Å². The van der Waals surface area contributed by atoms with E-state index in [1.807, 2.05) is 0 Å². The zero-order chi connectivity index (χ0) is 15.3. The van der Waals surface area contributed by atoms with Gasteiger partial charge in [-0.2, -0.15) is 13.2 Å². The molecule has 2 unspecified atom stereocenters. The van der Waals surface area contributed by atoms with Crippen molar-refractivity contribution in [3.63, 3.8) is 0 Å². The van der Waals surface area contributed by atoms with Crippen LogP contribution in [0.25, 0.3) is 0 Å². The first-order valence-electron chi connectivity index (χ1n) is 8.15. The third-order valence-corrected chi connectivity index (χ3v) is 5.08. The highest BCUT2D eigenvalue weighted by Crippen LogP contribution is 2.40.